The van der Waals surface area contributed by atoms with Crippen LogP contribution in [0.15, 0.2) is 12.1 Å². The van der Waals surface area contributed by atoms with Gasteiger partial charge in [0, 0.05) is 20.2 Å². The Labute approximate surface area is 128 Å². The number of benzene rings is 1. The first-order valence-corrected chi connectivity index (χ1v) is 7.13. The summed E-state index contributed by atoms with van der Waals surface area (Å²) in [6, 6.07) is 3.68. The molecule has 0 bridgehead atoms. The van der Waals surface area contributed by atoms with Crippen molar-refractivity contribution in [1.82, 2.24) is 10.6 Å². The van der Waals surface area contributed by atoms with Gasteiger partial charge in [-0.3, -0.25) is 4.79 Å². The molecule has 0 radical (unpaired) electrons. The molecule has 0 atom stereocenters. The molecule has 1 aromatic rings. The van der Waals surface area contributed by atoms with E-state index in [1.54, 1.807) is 7.11 Å². The molecule has 6 nitrogen and oxygen atoms in total. The zero-order valence-electron chi connectivity index (χ0n) is 11.9. The molecule has 21 heavy (non-hydrogen) atoms. The summed E-state index contributed by atoms with van der Waals surface area (Å²) >= 11 is 6.15. The zero-order chi connectivity index (χ0) is 15.1. The molecule has 1 amide bonds. The average Bonchev–Trinajstić information content (AvgIpc) is 2.48. The highest BCUT2D eigenvalue weighted by atomic mass is 35.5. The Kier molecular flexibility index (Phi) is 6.10. The number of amides is 1. The Morgan fingerprint density at radius 2 is 2.19 bits per heavy atom. The van der Waals surface area contributed by atoms with Crippen LogP contribution in [-0.4, -0.2) is 45.9 Å². The molecule has 0 fully saturated rings. The van der Waals surface area contributed by atoms with E-state index in [0.717, 1.165) is 5.56 Å². The molecule has 1 aromatic carbocycles. The summed E-state index contributed by atoms with van der Waals surface area (Å²) in [5, 5.41) is 6.31. The Balaban J connectivity index is 1.81. The maximum Gasteiger partial charge on any atom is 0.234 e. The van der Waals surface area contributed by atoms with Gasteiger partial charge in [0.1, 0.15) is 13.2 Å². The van der Waals surface area contributed by atoms with Gasteiger partial charge >= 0.3 is 0 Å². The SMILES string of the molecule is COCCNC(=O)CNCc1cc(Cl)c2c(c1)OCCO2. The molecule has 1 aliphatic rings. The summed E-state index contributed by atoms with van der Waals surface area (Å²) in [6.45, 7) is 2.79. The van der Waals surface area contributed by atoms with E-state index in [9.17, 15) is 4.79 Å². The molecule has 2 rings (SSSR count). The van der Waals surface area contributed by atoms with Crippen molar-refractivity contribution in [2.24, 2.45) is 0 Å². The number of methoxy groups -OCH3 is 1. The summed E-state index contributed by atoms with van der Waals surface area (Å²) in [7, 11) is 1.59. The predicted molar refractivity (Wildman–Crippen MR) is 79.0 cm³/mol. The number of nitrogens with one attached hydrogen (secondary N) is 2. The van der Waals surface area contributed by atoms with Crippen molar-refractivity contribution in [2.45, 2.75) is 6.54 Å². The lowest BCUT2D eigenvalue weighted by molar-refractivity contribution is -0.120. The molecule has 7 heteroatoms. The van der Waals surface area contributed by atoms with Gasteiger partial charge in [-0.25, -0.2) is 0 Å². The van der Waals surface area contributed by atoms with Crippen molar-refractivity contribution in [3.63, 3.8) is 0 Å². The molecule has 1 heterocycles. The highest BCUT2D eigenvalue weighted by Gasteiger charge is 2.16. The highest BCUT2D eigenvalue weighted by molar-refractivity contribution is 6.32. The largest absolute Gasteiger partial charge is 0.486 e. The zero-order valence-corrected chi connectivity index (χ0v) is 12.7. The number of carbonyl (C=O) groups excluding carboxylic acids is 1. The van der Waals surface area contributed by atoms with Crippen LogP contribution >= 0.6 is 11.6 Å². The van der Waals surface area contributed by atoms with Gasteiger partial charge in [0.15, 0.2) is 11.5 Å². The minimum atomic E-state index is -0.0734. The van der Waals surface area contributed by atoms with E-state index in [1.165, 1.54) is 0 Å². The topological polar surface area (TPSA) is 68.8 Å². The monoisotopic (exact) mass is 314 g/mol. The maximum absolute atomic E-state index is 11.5. The molecular formula is C14H19ClN2O4. The molecule has 0 saturated carbocycles. The van der Waals surface area contributed by atoms with Gasteiger partial charge in [-0.1, -0.05) is 11.6 Å². The van der Waals surface area contributed by atoms with Crippen molar-refractivity contribution in [3.05, 3.63) is 22.7 Å². The number of hydrogen-bond donors (Lipinski definition) is 2. The third kappa shape index (κ3) is 4.77. The number of ether oxygens (including phenoxy) is 3. The fraction of sp³-hybridized carbons (Fsp3) is 0.500. The molecule has 2 N–H and O–H groups in total. The van der Waals surface area contributed by atoms with Crippen LogP contribution in [0.2, 0.25) is 5.02 Å². The second-order valence-corrected chi connectivity index (χ2v) is 4.96. The van der Waals surface area contributed by atoms with Crippen molar-refractivity contribution < 1.29 is 19.0 Å². The second kappa shape index (κ2) is 8.07. The Hall–Kier alpha value is -1.50. The maximum atomic E-state index is 11.5. The van der Waals surface area contributed by atoms with E-state index in [2.05, 4.69) is 10.6 Å². The standard InChI is InChI=1S/C14H19ClN2O4/c1-19-3-2-17-13(18)9-16-8-10-6-11(15)14-12(7-10)20-4-5-21-14/h6-7,16H,2-5,8-9H2,1H3,(H,17,18). The first-order valence-electron chi connectivity index (χ1n) is 6.75. The lowest BCUT2D eigenvalue weighted by atomic mass is 10.2. The summed E-state index contributed by atoms with van der Waals surface area (Å²) in [6.07, 6.45) is 0. The van der Waals surface area contributed by atoms with Crippen LogP contribution in [0.3, 0.4) is 0 Å². The summed E-state index contributed by atoms with van der Waals surface area (Å²) in [5.41, 5.74) is 0.939. The Morgan fingerprint density at radius 3 is 3.00 bits per heavy atom. The molecule has 0 saturated heterocycles. The third-order valence-electron chi connectivity index (χ3n) is 2.90. The van der Waals surface area contributed by atoms with E-state index < -0.39 is 0 Å². The van der Waals surface area contributed by atoms with Crippen molar-refractivity contribution in [1.29, 1.82) is 0 Å². The Bertz CT molecular complexity index is 496. The lowest BCUT2D eigenvalue weighted by Crippen LogP contribution is -2.35. The third-order valence-corrected chi connectivity index (χ3v) is 3.18. The van der Waals surface area contributed by atoms with Crippen LogP contribution in [0.5, 0.6) is 11.5 Å². The van der Waals surface area contributed by atoms with Crippen LogP contribution in [0, 0.1) is 0 Å². The summed E-state index contributed by atoms with van der Waals surface area (Å²) in [4.78, 5) is 11.5. The molecular weight excluding hydrogens is 296 g/mol. The molecule has 116 valence electrons. The summed E-state index contributed by atoms with van der Waals surface area (Å²) < 4.78 is 15.8. The minimum Gasteiger partial charge on any atom is -0.486 e. The summed E-state index contributed by atoms with van der Waals surface area (Å²) in [5.74, 6) is 1.16. The number of halogens is 1. The molecule has 1 aliphatic heterocycles. The normalized spacial score (nSPS) is 13.0. The highest BCUT2D eigenvalue weighted by Crippen LogP contribution is 2.38. The fourth-order valence-electron chi connectivity index (χ4n) is 1.94. The van der Waals surface area contributed by atoms with Gasteiger partial charge in [0.2, 0.25) is 5.91 Å². The van der Waals surface area contributed by atoms with Crippen molar-refractivity contribution in [2.75, 3.05) is 40.0 Å². The number of fused-ring (bicyclic) bond motifs is 1. The number of hydrogen-bond acceptors (Lipinski definition) is 5. The van der Waals surface area contributed by atoms with Crippen LogP contribution in [0.25, 0.3) is 0 Å². The van der Waals surface area contributed by atoms with E-state index >= 15 is 0 Å². The van der Waals surface area contributed by atoms with Gasteiger partial charge in [-0.05, 0) is 17.7 Å². The van der Waals surface area contributed by atoms with Gasteiger partial charge in [0.25, 0.3) is 0 Å². The van der Waals surface area contributed by atoms with Gasteiger partial charge in [-0.2, -0.15) is 0 Å². The Morgan fingerprint density at radius 1 is 1.38 bits per heavy atom. The number of carbonyl (C=O) groups is 1. The van der Waals surface area contributed by atoms with E-state index in [4.69, 9.17) is 25.8 Å². The smallest absolute Gasteiger partial charge is 0.234 e. The quantitative estimate of drug-likeness (QED) is 0.734. The van der Waals surface area contributed by atoms with Crippen LogP contribution in [-0.2, 0) is 16.1 Å². The van der Waals surface area contributed by atoms with Crippen LogP contribution in [0.4, 0.5) is 0 Å². The second-order valence-electron chi connectivity index (χ2n) is 4.55. The van der Waals surface area contributed by atoms with E-state index in [0.29, 0.717) is 49.4 Å². The van der Waals surface area contributed by atoms with Crippen LogP contribution in [0.1, 0.15) is 5.56 Å². The lowest BCUT2D eigenvalue weighted by Gasteiger charge is -2.20. The molecule has 0 aromatic heterocycles. The molecule has 0 unspecified atom stereocenters. The van der Waals surface area contributed by atoms with E-state index in [-0.39, 0.29) is 12.5 Å². The average molecular weight is 315 g/mol. The van der Waals surface area contributed by atoms with Crippen molar-refractivity contribution in [3.8, 4) is 11.5 Å². The first kappa shape index (κ1) is 15.9. The minimum absolute atomic E-state index is 0.0734. The van der Waals surface area contributed by atoms with Gasteiger partial charge < -0.3 is 24.8 Å². The van der Waals surface area contributed by atoms with Crippen LogP contribution < -0.4 is 20.1 Å². The molecule has 0 spiro atoms. The molecule has 0 aliphatic carbocycles. The number of rotatable bonds is 7. The van der Waals surface area contributed by atoms with Gasteiger partial charge in [-0.15, -0.1) is 0 Å². The van der Waals surface area contributed by atoms with E-state index in [1.807, 2.05) is 12.1 Å². The van der Waals surface area contributed by atoms with Crippen molar-refractivity contribution >= 4 is 17.5 Å². The fourth-order valence-corrected chi connectivity index (χ4v) is 2.23. The first-order chi connectivity index (χ1) is 10.2. The van der Waals surface area contributed by atoms with Gasteiger partial charge in [0.05, 0.1) is 18.2 Å². The predicted octanol–water partition coefficient (Wildman–Crippen LogP) is 0.963.